The van der Waals surface area contributed by atoms with Crippen LogP contribution in [0.15, 0.2) is 63.3 Å². The number of allylic oxidation sites excluding steroid dienone is 1. The average molecular weight is 678 g/mol. The van der Waals surface area contributed by atoms with Gasteiger partial charge in [-0.15, -0.1) is 11.6 Å². The fourth-order valence-corrected chi connectivity index (χ4v) is 5.93. The van der Waals surface area contributed by atoms with Crippen LogP contribution in [0.2, 0.25) is 20.1 Å². The molecule has 2 atom stereocenters. The Morgan fingerprint density at radius 3 is 1.87 bits per heavy atom. The standard InChI is InChI=1S/C24H14Cl8N2O4/c25-11-7-10(16(26)18(28)17(11)27)24(38-9-2-4-15(36)13(34)6-9)22(31)19(29)21(20(30)23(24)32)37-8-1-3-14(35)12(33)5-8/h1-7,22,35-36H,33-34H2. The molecule has 1 aliphatic rings. The number of hydrogen-bond acceptors (Lipinski definition) is 6. The van der Waals surface area contributed by atoms with Crippen molar-refractivity contribution in [3.05, 3.63) is 89.0 Å². The normalized spacial score (nSPS) is 19.6. The highest BCUT2D eigenvalue weighted by molar-refractivity contribution is 6.52. The Kier molecular flexibility index (Phi) is 8.49. The van der Waals surface area contributed by atoms with E-state index in [2.05, 4.69) is 0 Å². The van der Waals surface area contributed by atoms with E-state index in [4.69, 9.17) is 114 Å². The lowest BCUT2D eigenvalue weighted by atomic mass is 9.85. The molecule has 0 bridgehead atoms. The predicted molar refractivity (Wildman–Crippen MR) is 156 cm³/mol. The first-order valence-corrected chi connectivity index (χ1v) is 13.3. The van der Waals surface area contributed by atoms with E-state index < -0.39 is 11.0 Å². The molecule has 4 rings (SSSR count). The van der Waals surface area contributed by atoms with Gasteiger partial charge in [-0.05, 0) is 30.3 Å². The van der Waals surface area contributed by atoms with Crippen molar-refractivity contribution in [1.29, 1.82) is 0 Å². The van der Waals surface area contributed by atoms with Crippen LogP contribution in [0.1, 0.15) is 5.56 Å². The lowest BCUT2D eigenvalue weighted by molar-refractivity contribution is 0.116. The Hall–Kier alpha value is -1.74. The molecule has 200 valence electrons. The second-order valence-corrected chi connectivity index (χ2v) is 11.0. The number of nitrogen functional groups attached to an aromatic ring is 2. The minimum atomic E-state index is -1.95. The molecule has 0 radical (unpaired) electrons. The number of rotatable bonds is 5. The number of phenolic OH excluding ortho intramolecular Hbond substituents is 2. The molecule has 6 N–H and O–H groups in total. The molecule has 0 aliphatic heterocycles. The van der Waals surface area contributed by atoms with Crippen molar-refractivity contribution in [1.82, 2.24) is 0 Å². The summed E-state index contributed by atoms with van der Waals surface area (Å²) in [6, 6.07) is 9.49. The number of halogens is 8. The number of nitrogens with two attached hydrogens (primary N) is 2. The highest BCUT2D eigenvalue weighted by Gasteiger charge is 2.54. The van der Waals surface area contributed by atoms with Gasteiger partial charge in [-0.1, -0.05) is 81.2 Å². The molecule has 3 aromatic carbocycles. The molecule has 6 nitrogen and oxygen atoms in total. The second kappa shape index (κ2) is 11.0. The van der Waals surface area contributed by atoms with Gasteiger partial charge in [0.1, 0.15) is 33.4 Å². The fourth-order valence-electron chi connectivity index (χ4n) is 3.61. The summed E-state index contributed by atoms with van der Waals surface area (Å²) in [7, 11) is 0. The zero-order valence-electron chi connectivity index (χ0n) is 18.5. The van der Waals surface area contributed by atoms with Crippen LogP contribution in [0.25, 0.3) is 0 Å². The smallest absolute Gasteiger partial charge is 0.194 e. The van der Waals surface area contributed by atoms with E-state index in [0.717, 1.165) is 0 Å². The molecule has 0 amide bonds. The maximum absolute atomic E-state index is 9.87. The monoisotopic (exact) mass is 674 g/mol. The molecule has 0 heterocycles. The number of hydrogen-bond donors (Lipinski definition) is 4. The average Bonchev–Trinajstić information content (AvgIpc) is 2.88. The minimum Gasteiger partial charge on any atom is -0.506 e. The molecular formula is C24H14Cl8N2O4. The summed E-state index contributed by atoms with van der Waals surface area (Å²) in [5.41, 5.74) is 9.78. The van der Waals surface area contributed by atoms with Crippen LogP contribution in [0.3, 0.4) is 0 Å². The second-order valence-electron chi connectivity index (χ2n) is 7.90. The van der Waals surface area contributed by atoms with Crippen molar-refractivity contribution < 1.29 is 19.7 Å². The maximum atomic E-state index is 9.87. The molecule has 0 fully saturated rings. The largest absolute Gasteiger partial charge is 0.506 e. The number of ether oxygens (including phenoxy) is 2. The van der Waals surface area contributed by atoms with Crippen molar-refractivity contribution >= 4 is 104 Å². The molecule has 2 unspecified atom stereocenters. The Labute approximate surface area is 256 Å². The van der Waals surface area contributed by atoms with Crippen LogP contribution in [0.4, 0.5) is 11.4 Å². The lowest BCUT2D eigenvalue weighted by Crippen LogP contribution is -2.46. The fraction of sp³-hybridized carbons (Fsp3) is 0.0833. The molecule has 0 aromatic heterocycles. The summed E-state index contributed by atoms with van der Waals surface area (Å²) in [6.45, 7) is 0. The summed E-state index contributed by atoms with van der Waals surface area (Å²) in [4.78, 5) is 0. The van der Waals surface area contributed by atoms with Crippen molar-refractivity contribution in [2.75, 3.05) is 11.5 Å². The van der Waals surface area contributed by atoms with Gasteiger partial charge in [0.2, 0.25) is 0 Å². The van der Waals surface area contributed by atoms with Crippen LogP contribution in [-0.2, 0) is 5.60 Å². The zero-order valence-corrected chi connectivity index (χ0v) is 24.6. The molecule has 1 aliphatic carbocycles. The summed E-state index contributed by atoms with van der Waals surface area (Å²) < 4.78 is 12.2. The van der Waals surface area contributed by atoms with Gasteiger partial charge in [0.25, 0.3) is 0 Å². The van der Waals surface area contributed by atoms with E-state index in [1.54, 1.807) is 0 Å². The number of phenols is 2. The molecule has 14 heteroatoms. The third-order valence-electron chi connectivity index (χ3n) is 5.51. The number of alkyl halides is 1. The van der Waals surface area contributed by atoms with E-state index >= 15 is 0 Å². The van der Waals surface area contributed by atoms with Gasteiger partial charge in [-0.2, -0.15) is 0 Å². The van der Waals surface area contributed by atoms with Gasteiger partial charge >= 0.3 is 0 Å². The van der Waals surface area contributed by atoms with Gasteiger partial charge < -0.3 is 31.2 Å². The first kappa shape index (κ1) is 29.2. The predicted octanol–water partition coefficient (Wildman–Crippen LogP) is 8.99. The van der Waals surface area contributed by atoms with E-state index in [-0.39, 0.29) is 80.9 Å². The summed E-state index contributed by atoms with van der Waals surface area (Å²) in [6.07, 6.45) is 0. The number of anilines is 2. The Morgan fingerprint density at radius 1 is 0.737 bits per heavy atom. The SMILES string of the molecule is Nc1cc(OC2=C(Cl)C(Cl)C(Oc3ccc(O)c(N)c3)(c3cc(Cl)c(Cl)c(Cl)c3Cl)C(Cl)=C2Cl)ccc1O. The van der Waals surface area contributed by atoms with Crippen molar-refractivity contribution in [2.24, 2.45) is 0 Å². The maximum Gasteiger partial charge on any atom is 0.194 e. The van der Waals surface area contributed by atoms with Crippen LogP contribution in [0.5, 0.6) is 23.0 Å². The first-order valence-electron chi connectivity index (χ1n) is 10.3. The summed E-state index contributed by atoms with van der Waals surface area (Å²) >= 11 is 52.7. The van der Waals surface area contributed by atoms with Gasteiger partial charge in [0, 0.05) is 17.7 Å². The van der Waals surface area contributed by atoms with Gasteiger partial charge in [-0.25, -0.2) is 0 Å². The van der Waals surface area contributed by atoms with E-state index in [0.29, 0.717) is 0 Å². The molecule has 0 spiro atoms. The van der Waals surface area contributed by atoms with Crippen LogP contribution in [0, 0.1) is 0 Å². The zero-order chi connectivity index (χ0) is 28.1. The van der Waals surface area contributed by atoms with Crippen molar-refractivity contribution in [3.8, 4) is 23.0 Å². The third-order valence-corrected chi connectivity index (χ3v) is 9.22. The lowest BCUT2D eigenvalue weighted by Gasteiger charge is -2.42. The number of benzene rings is 3. The molecule has 0 saturated carbocycles. The molecular weight excluding hydrogens is 664 g/mol. The Balaban J connectivity index is 1.96. The molecule has 3 aromatic rings. The van der Waals surface area contributed by atoms with E-state index in [9.17, 15) is 10.2 Å². The number of aromatic hydroxyl groups is 2. The van der Waals surface area contributed by atoms with Crippen molar-refractivity contribution in [2.45, 2.75) is 11.0 Å². The van der Waals surface area contributed by atoms with Crippen LogP contribution in [-0.4, -0.2) is 15.6 Å². The van der Waals surface area contributed by atoms with Gasteiger partial charge in [0.15, 0.2) is 11.4 Å². The highest BCUT2D eigenvalue weighted by Crippen LogP contribution is 2.56. The Morgan fingerprint density at radius 2 is 1.29 bits per heavy atom. The molecule has 0 saturated heterocycles. The van der Waals surface area contributed by atoms with Gasteiger partial charge in [0.05, 0.1) is 41.5 Å². The van der Waals surface area contributed by atoms with Crippen LogP contribution >= 0.6 is 92.8 Å². The summed E-state index contributed by atoms with van der Waals surface area (Å²) in [5, 5.41) is 17.5. The third kappa shape index (κ3) is 4.98. The van der Waals surface area contributed by atoms with E-state index in [1.165, 1.54) is 42.5 Å². The quantitative estimate of drug-likeness (QED) is 0.0706. The van der Waals surface area contributed by atoms with Gasteiger partial charge in [-0.3, -0.25) is 0 Å². The first-order chi connectivity index (χ1) is 17.8. The van der Waals surface area contributed by atoms with Crippen molar-refractivity contribution in [3.63, 3.8) is 0 Å². The van der Waals surface area contributed by atoms with Crippen LogP contribution < -0.4 is 20.9 Å². The Bertz CT molecular complexity index is 1530. The minimum absolute atomic E-state index is 0.000343. The molecule has 38 heavy (non-hydrogen) atoms. The summed E-state index contributed by atoms with van der Waals surface area (Å²) in [5.74, 6) is -0.172. The van der Waals surface area contributed by atoms with E-state index in [1.807, 2.05) is 0 Å². The highest BCUT2D eigenvalue weighted by atomic mass is 35.5. The topological polar surface area (TPSA) is 111 Å².